The van der Waals surface area contributed by atoms with Gasteiger partial charge in [0.25, 0.3) is 0 Å². The fraction of sp³-hybridized carbons (Fsp3) is 0.619. The third-order valence-electron chi connectivity index (χ3n) is 6.93. The van der Waals surface area contributed by atoms with Gasteiger partial charge in [-0.25, -0.2) is 9.59 Å². The summed E-state index contributed by atoms with van der Waals surface area (Å²) in [6, 6.07) is 4.15. The predicted molar refractivity (Wildman–Crippen MR) is 107 cm³/mol. The Morgan fingerprint density at radius 2 is 1.86 bits per heavy atom. The number of amides is 3. The molecule has 0 saturated carbocycles. The first-order valence-electron chi connectivity index (χ1n) is 10.5. The van der Waals surface area contributed by atoms with Crippen molar-refractivity contribution in [1.82, 2.24) is 14.7 Å². The molecule has 4 aliphatic heterocycles. The van der Waals surface area contributed by atoms with E-state index in [0.29, 0.717) is 37.9 Å². The molecule has 2 bridgehead atoms. The van der Waals surface area contributed by atoms with Crippen molar-refractivity contribution in [3.05, 3.63) is 33.8 Å². The number of carbonyl (C=O) groups is 2. The van der Waals surface area contributed by atoms with Crippen LogP contribution in [0.15, 0.2) is 12.1 Å². The summed E-state index contributed by atoms with van der Waals surface area (Å²) in [4.78, 5) is 30.5. The molecule has 0 radical (unpaired) electrons. The average molecular weight is 420 g/mol. The minimum atomic E-state index is -0.894. The van der Waals surface area contributed by atoms with Crippen molar-refractivity contribution in [3.63, 3.8) is 0 Å². The van der Waals surface area contributed by atoms with Crippen molar-refractivity contribution in [2.45, 2.75) is 56.8 Å². The third-order valence-corrected chi connectivity index (χ3v) is 7.15. The van der Waals surface area contributed by atoms with E-state index in [1.54, 1.807) is 0 Å². The molecule has 29 heavy (non-hydrogen) atoms. The van der Waals surface area contributed by atoms with Crippen LogP contribution in [-0.4, -0.2) is 70.3 Å². The maximum Gasteiger partial charge on any atom is 0.407 e. The molecule has 4 aliphatic rings. The van der Waals surface area contributed by atoms with Crippen LogP contribution in [0, 0.1) is 0 Å². The van der Waals surface area contributed by atoms with Gasteiger partial charge in [0.2, 0.25) is 0 Å². The number of rotatable bonds is 1. The molecule has 0 aliphatic carbocycles. The Bertz CT molecular complexity index is 831. The SMILES string of the molecule is O=C(O)N1CCCC1c1cc(Cl)cc2c1CN(C(=O)N1C3CCC1COC3)CC2. The molecule has 1 aromatic carbocycles. The molecule has 4 heterocycles. The summed E-state index contributed by atoms with van der Waals surface area (Å²) in [5.41, 5.74) is 3.18. The number of halogens is 1. The van der Waals surface area contributed by atoms with E-state index in [-0.39, 0.29) is 24.2 Å². The monoisotopic (exact) mass is 419 g/mol. The zero-order valence-corrected chi connectivity index (χ0v) is 17.1. The molecule has 5 rings (SSSR count). The van der Waals surface area contributed by atoms with Crippen LogP contribution in [-0.2, 0) is 17.7 Å². The molecular weight excluding hydrogens is 394 g/mol. The summed E-state index contributed by atoms with van der Waals surface area (Å²) in [5, 5.41) is 10.2. The second-order valence-corrected chi connectivity index (χ2v) is 8.99. The summed E-state index contributed by atoms with van der Waals surface area (Å²) < 4.78 is 5.63. The summed E-state index contributed by atoms with van der Waals surface area (Å²) in [6.07, 6.45) is 3.51. The molecule has 7 nitrogen and oxygen atoms in total. The number of ether oxygens (including phenoxy) is 1. The van der Waals surface area contributed by atoms with E-state index < -0.39 is 6.09 Å². The molecule has 3 fully saturated rings. The van der Waals surface area contributed by atoms with Gasteiger partial charge in [0.1, 0.15) is 0 Å². The van der Waals surface area contributed by atoms with Crippen molar-refractivity contribution in [3.8, 4) is 0 Å². The fourth-order valence-electron chi connectivity index (χ4n) is 5.54. The Hall–Kier alpha value is -1.99. The molecule has 0 spiro atoms. The van der Waals surface area contributed by atoms with Gasteiger partial charge in [-0.05, 0) is 60.9 Å². The predicted octanol–water partition coefficient (Wildman–Crippen LogP) is 3.50. The number of hydrogen-bond donors (Lipinski definition) is 1. The molecule has 3 amide bonds. The summed E-state index contributed by atoms with van der Waals surface area (Å²) in [7, 11) is 0. The number of urea groups is 1. The Balaban J connectivity index is 1.44. The van der Waals surface area contributed by atoms with Crippen LogP contribution >= 0.6 is 11.6 Å². The molecule has 0 aromatic heterocycles. The molecular formula is C21H26ClN3O4. The largest absolute Gasteiger partial charge is 0.465 e. The summed E-state index contributed by atoms with van der Waals surface area (Å²) in [6.45, 7) is 2.98. The van der Waals surface area contributed by atoms with E-state index in [1.807, 2.05) is 21.9 Å². The van der Waals surface area contributed by atoms with E-state index in [4.69, 9.17) is 16.3 Å². The number of likely N-dealkylation sites (tertiary alicyclic amines) is 1. The van der Waals surface area contributed by atoms with Crippen LogP contribution in [0.25, 0.3) is 0 Å². The van der Waals surface area contributed by atoms with Gasteiger partial charge in [-0.1, -0.05) is 11.6 Å². The first-order valence-corrected chi connectivity index (χ1v) is 10.9. The van der Waals surface area contributed by atoms with Crippen LogP contribution in [0.5, 0.6) is 0 Å². The Labute approximate surface area is 175 Å². The van der Waals surface area contributed by atoms with Gasteiger partial charge in [0.15, 0.2) is 0 Å². The minimum absolute atomic E-state index is 0.0915. The molecule has 3 atom stereocenters. The highest BCUT2D eigenvalue weighted by molar-refractivity contribution is 6.30. The van der Waals surface area contributed by atoms with Crippen molar-refractivity contribution >= 4 is 23.7 Å². The Morgan fingerprint density at radius 1 is 1.10 bits per heavy atom. The van der Waals surface area contributed by atoms with E-state index in [1.165, 1.54) is 4.90 Å². The average Bonchev–Trinajstić information content (AvgIpc) is 3.29. The fourth-order valence-corrected chi connectivity index (χ4v) is 5.79. The number of fused-ring (bicyclic) bond motifs is 3. The molecule has 1 aromatic rings. The van der Waals surface area contributed by atoms with Crippen molar-refractivity contribution in [1.29, 1.82) is 0 Å². The second kappa shape index (κ2) is 7.36. The molecule has 3 unspecified atom stereocenters. The van der Waals surface area contributed by atoms with Crippen LogP contribution < -0.4 is 0 Å². The summed E-state index contributed by atoms with van der Waals surface area (Å²) in [5.74, 6) is 0. The van der Waals surface area contributed by atoms with Crippen LogP contribution in [0.3, 0.4) is 0 Å². The maximum absolute atomic E-state index is 13.4. The lowest BCUT2D eigenvalue weighted by Gasteiger charge is -2.40. The highest BCUT2D eigenvalue weighted by Crippen LogP contribution is 2.39. The zero-order chi connectivity index (χ0) is 20.1. The number of morpholine rings is 1. The van der Waals surface area contributed by atoms with Crippen molar-refractivity contribution in [2.75, 3.05) is 26.3 Å². The number of carboxylic acid groups (broad SMARTS) is 1. The number of hydrogen-bond acceptors (Lipinski definition) is 3. The Morgan fingerprint density at radius 3 is 2.59 bits per heavy atom. The van der Waals surface area contributed by atoms with Gasteiger partial charge in [0.05, 0.1) is 31.3 Å². The van der Waals surface area contributed by atoms with Gasteiger partial charge in [-0.3, -0.25) is 0 Å². The van der Waals surface area contributed by atoms with Gasteiger partial charge < -0.3 is 24.5 Å². The highest BCUT2D eigenvalue weighted by atomic mass is 35.5. The van der Waals surface area contributed by atoms with Gasteiger partial charge in [-0.15, -0.1) is 0 Å². The number of benzene rings is 1. The van der Waals surface area contributed by atoms with Crippen molar-refractivity contribution in [2.24, 2.45) is 0 Å². The quantitative estimate of drug-likeness (QED) is 0.756. The van der Waals surface area contributed by atoms with Gasteiger partial charge in [-0.2, -0.15) is 0 Å². The molecule has 1 N–H and O–H groups in total. The maximum atomic E-state index is 13.4. The normalized spacial score (nSPS) is 28.6. The van der Waals surface area contributed by atoms with Gasteiger partial charge in [0, 0.05) is 24.7 Å². The standard InChI is InChI=1S/C21H26ClN3O4/c22-14-8-13-5-7-23(20(26)25-15-3-4-16(25)12-29-11-15)10-18(13)17(9-14)19-2-1-6-24(19)21(27)28/h8-9,15-16,19H,1-7,10-12H2,(H,27,28). The van der Waals surface area contributed by atoms with Crippen LogP contribution in [0.1, 0.15) is 48.4 Å². The topological polar surface area (TPSA) is 73.3 Å². The van der Waals surface area contributed by atoms with Crippen LogP contribution in [0.2, 0.25) is 5.02 Å². The lowest BCUT2D eigenvalue weighted by Crippen LogP contribution is -2.55. The van der Waals surface area contributed by atoms with E-state index in [9.17, 15) is 14.7 Å². The van der Waals surface area contributed by atoms with Crippen molar-refractivity contribution < 1.29 is 19.4 Å². The molecule has 8 heteroatoms. The first kappa shape index (κ1) is 19.0. The number of carbonyl (C=O) groups excluding carboxylic acids is 1. The molecule has 156 valence electrons. The zero-order valence-electron chi connectivity index (χ0n) is 16.3. The third kappa shape index (κ3) is 3.24. The lowest BCUT2D eigenvalue weighted by atomic mass is 9.90. The van der Waals surface area contributed by atoms with Crippen LogP contribution in [0.4, 0.5) is 9.59 Å². The molecule has 3 saturated heterocycles. The van der Waals surface area contributed by atoms with Gasteiger partial charge >= 0.3 is 12.1 Å². The smallest absolute Gasteiger partial charge is 0.407 e. The number of nitrogens with zero attached hydrogens (tertiary/aromatic N) is 3. The first-order chi connectivity index (χ1) is 14.0. The second-order valence-electron chi connectivity index (χ2n) is 8.55. The van der Waals surface area contributed by atoms with E-state index >= 15 is 0 Å². The minimum Gasteiger partial charge on any atom is -0.465 e. The van der Waals surface area contributed by atoms with E-state index in [2.05, 4.69) is 0 Å². The lowest BCUT2D eigenvalue weighted by molar-refractivity contribution is -0.00295. The highest BCUT2D eigenvalue weighted by Gasteiger charge is 2.43. The Kier molecular flexibility index (Phi) is 4.82. The van der Waals surface area contributed by atoms with E-state index in [0.717, 1.165) is 48.8 Å². The summed E-state index contributed by atoms with van der Waals surface area (Å²) >= 11 is 6.39.